The molecule has 1 saturated carbocycles. The molecule has 0 amide bonds. The fraction of sp³-hybridized carbons (Fsp3) is 0.211. The number of anilines is 3. The molecule has 18 nitrogen and oxygen atoms in total. The number of pyridine rings is 3. The van der Waals surface area contributed by atoms with Crippen LogP contribution in [0.25, 0.3) is 44.7 Å². The second-order valence-electron chi connectivity index (χ2n) is 17.7. The number of benzene rings is 2. The molecule has 1 aliphatic rings. The Bertz CT molecular complexity index is 3580. The van der Waals surface area contributed by atoms with E-state index in [1.54, 1.807) is 46.1 Å². The third-order valence-electron chi connectivity index (χ3n) is 12.8. The molecule has 9 heterocycles. The van der Waals surface area contributed by atoms with E-state index < -0.39 is 0 Å². The van der Waals surface area contributed by atoms with Crippen molar-refractivity contribution in [2.45, 2.75) is 58.3 Å². The van der Waals surface area contributed by atoms with Crippen LogP contribution < -0.4 is 30.2 Å². The number of hydrogen-bond acceptors (Lipinski definition) is 15. The van der Waals surface area contributed by atoms with Crippen LogP contribution in [0.2, 0.25) is 0 Å². The van der Waals surface area contributed by atoms with Gasteiger partial charge in [-0.25, -0.2) is 24.9 Å². The molecule has 0 saturated heterocycles. The summed E-state index contributed by atoms with van der Waals surface area (Å²) < 4.78 is 22.4. The Morgan fingerprint density at radius 1 is 0.520 bits per heavy atom. The predicted octanol–water partition coefficient (Wildman–Crippen LogP) is 10.7. The quantitative estimate of drug-likeness (QED) is 0.0877. The molecular weight excluding hydrogens is 943 g/mol. The van der Waals surface area contributed by atoms with Crippen LogP contribution in [0.3, 0.4) is 0 Å². The molecule has 1 fully saturated rings. The van der Waals surface area contributed by atoms with E-state index in [9.17, 15) is 0 Å². The summed E-state index contributed by atoms with van der Waals surface area (Å²) in [5.41, 5.74) is 7.05. The van der Waals surface area contributed by atoms with Gasteiger partial charge in [0.05, 0.1) is 33.6 Å². The number of fused-ring (bicyclic) bond motifs is 3. The summed E-state index contributed by atoms with van der Waals surface area (Å²) >= 11 is 0. The van der Waals surface area contributed by atoms with Crippen LogP contribution in [0.5, 0.6) is 17.2 Å². The van der Waals surface area contributed by atoms with Gasteiger partial charge in [-0.05, 0) is 97.1 Å². The maximum absolute atomic E-state index is 5.41. The van der Waals surface area contributed by atoms with Crippen molar-refractivity contribution in [1.82, 2.24) is 58.6 Å². The smallest absolute Gasteiger partial charge is 0.224 e. The van der Waals surface area contributed by atoms with E-state index >= 15 is 0 Å². The van der Waals surface area contributed by atoms with Crippen molar-refractivity contribution < 1.29 is 14.2 Å². The Hall–Kier alpha value is -9.45. The number of aromatic nitrogens is 12. The first-order valence-electron chi connectivity index (χ1n) is 24.7. The van der Waals surface area contributed by atoms with E-state index in [4.69, 9.17) is 19.2 Å². The SMILES string of the molecule is COc1cc(CNc2ncc3ccn(-c4ccccn4)c3n2)cc(OC)c1OC.Cc1cn(C2CCCC2)c2nc(NCc3ccccn3)ncc12.c1ccc(CNc2ncc3ccn(-c4ccccn4)c3n2)cc1. The van der Waals surface area contributed by atoms with Crippen molar-refractivity contribution >= 4 is 50.9 Å². The summed E-state index contributed by atoms with van der Waals surface area (Å²) in [6.45, 7) is 3.96. The van der Waals surface area contributed by atoms with Gasteiger partial charge in [-0.15, -0.1) is 0 Å². The van der Waals surface area contributed by atoms with Gasteiger partial charge in [-0.1, -0.05) is 61.4 Å². The highest BCUT2D eigenvalue weighted by molar-refractivity contribution is 5.81. The van der Waals surface area contributed by atoms with Gasteiger partial charge in [0.1, 0.15) is 17.3 Å². The molecule has 12 rings (SSSR count). The molecule has 18 heteroatoms. The average molecular weight is 1000 g/mol. The molecule has 0 unspecified atom stereocenters. The zero-order chi connectivity index (χ0) is 51.3. The summed E-state index contributed by atoms with van der Waals surface area (Å²) in [5.74, 6) is 5.20. The highest BCUT2D eigenvalue weighted by atomic mass is 16.5. The van der Waals surface area contributed by atoms with Crippen LogP contribution in [-0.2, 0) is 19.6 Å². The van der Waals surface area contributed by atoms with Crippen LogP contribution in [-0.4, -0.2) is 79.9 Å². The van der Waals surface area contributed by atoms with E-state index in [1.165, 1.54) is 36.8 Å². The Balaban J connectivity index is 0.000000129. The lowest BCUT2D eigenvalue weighted by Gasteiger charge is -2.14. The Morgan fingerprint density at radius 3 is 1.57 bits per heavy atom. The van der Waals surface area contributed by atoms with Gasteiger partial charge < -0.3 is 34.7 Å². The minimum Gasteiger partial charge on any atom is -0.493 e. The van der Waals surface area contributed by atoms with Gasteiger partial charge in [-0.2, -0.15) is 15.0 Å². The second kappa shape index (κ2) is 23.4. The number of aryl methyl sites for hydroxylation is 1. The number of ether oxygens (including phenoxy) is 3. The lowest BCUT2D eigenvalue weighted by molar-refractivity contribution is 0.324. The van der Waals surface area contributed by atoms with Gasteiger partial charge in [-0.3, -0.25) is 14.1 Å². The molecule has 11 aromatic rings. The molecule has 1 aliphatic carbocycles. The fourth-order valence-corrected chi connectivity index (χ4v) is 8.97. The van der Waals surface area contributed by atoms with Crippen molar-refractivity contribution in [2.24, 2.45) is 0 Å². The summed E-state index contributed by atoms with van der Waals surface area (Å²) in [7, 11) is 4.77. The minimum absolute atomic E-state index is 0.493. The monoisotopic (exact) mass is 999 g/mol. The van der Waals surface area contributed by atoms with Crippen LogP contribution in [0.1, 0.15) is 54.1 Å². The summed E-state index contributed by atoms with van der Waals surface area (Å²) in [6, 6.07) is 36.0. The van der Waals surface area contributed by atoms with Gasteiger partial charge in [0.15, 0.2) is 22.8 Å². The summed E-state index contributed by atoms with van der Waals surface area (Å²) in [6.07, 6.45) is 22.2. The van der Waals surface area contributed by atoms with E-state index in [-0.39, 0.29) is 0 Å². The standard InChI is InChI=1S/C21H21N5O3.C18H21N5.C18H15N5/c1-27-16-10-14(11-17(28-2)19(16)29-3)12-23-21-24-13-15-7-9-26(20(15)25-21)18-6-4-5-8-22-18;1-13-12-23(15-7-2-3-8-15)17-16(13)11-21-18(22-17)20-10-14-6-4-5-9-19-14;1-2-6-14(7-3-1)12-20-18-21-13-15-9-11-23(17(15)22-18)16-8-4-5-10-19-16/h4-11,13H,12H2,1-3H3,(H,23,24,25);4-6,9,11-12,15H,2-3,7-8,10H2,1H3,(H,20,21,22);1-11,13H,12H2,(H,20,21,22). The normalized spacial score (nSPS) is 12.2. The van der Waals surface area contributed by atoms with Gasteiger partial charge in [0.25, 0.3) is 0 Å². The molecule has 0 spiro atoms. The van der Waals surface area contributed by atoms with Crippen molar-refractivity contribution in [3.63, 3.8) is 0 Å². The van der Waals surface area contributed by atoms with Crippen molar-refractivity contribution in [1.29, 1.82) is 0 Å². The molecule has 9 aromatic heterocycles. The molecule has 0 atom stereocenters. The molecule has 0 bridgehead atoms. The first-order chi connectivity index (χ1) is 36.9. The third kappa shape index (κ3) is 11.6. The van der Waals surface area contributed by atoms with Crippen LogP contribution in [0, 0.1) is 6.92 Å². The molecule has 3 N–H and O–H groups in total. The largest absolute Gasteiger partial charge is 0.493 e. The van der Waals surface area contributed by atoms with Crippen LogP contribution in [0.4, 0.5) is 17.8 Å². The van der Waals surface area contributed by atoms with Crippen LogP contribution in [0.15, 0.2) is 165 Å². The Morgan fingerprint density at radius 2 is 1.04 bits per heavy atom. The first-order valence-corrected chi connectivity index (χ1v) is 24.7. The topological polar surface area (TPSA) is 195 Å². The molecule has 378 valence electrons. The summed E-state index contributed by atoms with van der Waals surface area (Å²) in [5, 5.41) is 12.9. The number of nitrogens with zero attached hydrogens (tertiary/aromatic N) is 12. The molecule has 0 radical (unpaired) electrons. The number of nitrogens with one attached hydrogen (secondary N) is 3. The number of methoxy groups -OCH3 is 3. The molecule has 2 aromatic carbocycles. The Kier molecular flexibility index (Phi) is 15.3. The highest BCUT2D eigenvalue weighted by Crippen LogP contribution is 2.38. The first kappa shape index (κ1) is 49.1. The van der Waals surface area contributed by atoms with E-state index in [1.807, 2.05) is 131 Å². The van der Waals surface area contributed by atoms with Gasteiger partial charge in [0.2, 0.25) is 23.6 Å². The maximum atomic E-state index is 5.41. The molecular formula is C57H57N15O3. The van der Waals surface area contributed by atoms with Gasteiger partial charge in [0, 0.05) is 91.1 Å². The van der Waals surface area contributed by atoms with E-state index in [0.29, 0.717) is 60.8 Å². The Labute approximate surface area is 433 Å². The lowest BCUT2D eigenvalue weighted by Crippen LogP contribution is -2.07. The number of hydrogen-bond donors (Lipinski definition) is 3. The van der Waals surface area contributed by atoms with Crippen molar-refractivity contribution in [3.05, 3.63) is 187 Å². The molecule has 0 aliphatic heterocycles. The van der Waals surface area contributed by atoms with Crippen molar-refractivity contribution in [2.75, 3.05) is 37.3 Å². The maximum Gasteiger partial charge on any atom is 0.224 e. The predicted molar refractivity (Wildman–Crippen MR) is 292 cm³/mol. The van der Waals surface area contributed by atoms with Gasteiger partial charge >= 0.3 is 0 Å². The second-order valence-corrected chi connectivity index (χ2v) is 17.7. The zero-order valence-corrected chi connectivity index (χ0v) is 42.2. The van der Waals surface area contributed by atoms with E-state index in [2.05, 4.69) is 85.6 Å². The van der Waals surface area contributed by atoms with Crippen molar-refractivity contribution in [3.8, 4) is 28.9 Å². The zero-order valence-electron chi connectivity index (χ0n) is 42.2. The number of rotatable bonds is 15. The average Bonchev–Trinajstić information content (AvgIpc) is 4.31. The fourth-order valence-electron chi connectivity index (χ4n) is 8.97. The highest BCUT2D eigenvalue weighted by Gasteiger charge is 2.21. The minimum atomic E-state index is 0.493. The molecule has 75 heavy (non-hydrogen) atoms. The third-order valence-corrected chi connectivity index (χ3v) is 12.8. The van der Waals surface area contributed by atoms with Crippen LogP contribution >= 0.6 is 0 Å². The van der Waals surface area contributed by atoms with E-state index in [0.717, 1.165) is 56.0 Å². The lowest BCUT2D eigenvalue weighted by atomic mass is 10.2. The summed E-state index contributed by atoms with van der Waals surface area (Å²) in [4.78, 5) is 40.4.